The summed E-state index contributed by atoms with van der Waals surface area (Å²) in [6.45, 7) is 2.76. The molecule has 2 amide bonds. The fraction of sp³-hybridized carbons (Fsp3) is 0.500. The SMILES string of the molecule is COC(=O)c1scc(C)c1NC(=O)C(=O)N(C)C1CCOC1. The number of hydrogen-bond acceptors (Lipinski definition) is 6. The number of nitrogens with one attached hydrogen (secondary N) is 1. The number of nitrogens with zero attached hydrogens (tertiary/aromatic N) is 1. The summed E-state index contributed by atoms with van der Waals surface area (Å²) in [5.41, 5.74) is 1.03. The lowest BCUT2D eigenvalue weighted by Gasteiger charge is -2.22. The van der Waals surface area contributed by atoms with Crippen molar-refractivity contribution in [2.45, 2.75) is 19.4 Å². The van der Waals surface area contributed by atoms with Gasteiger partial charge in [-0.1, -0.05) is 0 Å². The summed E-state index contributed by atoms with van der Waals surface area (Å²) in [6.07, 6.45) is 0.709. The summed E-state index contributed by atoms with van der Waals surface area (Å²) in [5, 5.41) is 4.24. The van der Waals surface area contributed by atoms with Crippen molar-refractivity contribution in [3.05, 3.63) is 15.8 Å². The number of anilines is 1. The summed E-state index contributed by atoms with van der Waals surface area (Å²) in [7, 11) is 2.84. The molecule has 0 aromatic carbocycles. The molecule has 0 spiro atoms. The highest BCUT2D eigenvalue weighted by molar-refractivity contribution is 7.12. The number of amides is 2. The Labute approximate surface area is 132 Å². The van der Waals surface area contributed by atoms with Crippen molar-refractivity contribution in [3.63, 3.8) is 0 Å². The van der Waals surface area contributed by atoms with Gasteiger partial charge in [-0.25, -0.2) is 4.79 Å². The van der Waals surface area contributed by atoms with E-state index in [4.69, 9.17) is 4.74 Å². The highest BCUT2D eigenvalue weighted by Gasteiger charge is 2.29. The Morgan fingerprint density at radius 1 is 1.45 bits per heavy atom. The van der Waals surface area contributed by atoms with E-state index in [1.54, 1.807) is 19.4 Å². The predicted molar refractivity (Wildman–Crippen MR) is 81.0 cm³/mol. The number of thiophene rings is 1. The Kier molecular flexibility index (Phi) is 5.15. The average Bonchev–Trinajstić information content (AvgIpc) is 3.16. The monoisotopic (exact) mass is 326 g/mol. The molecule has 1 saturated heterocycles. The maximum absolute atomic E-state index is 12.2. The summed E-state index contributed by atoms with van der Waals surface area (Å²) in [6, 6.07) is -0.0955. The number of ether oxygens (including phenoxy) is 2. The first-order chi connectivity index (χ1) is 10.5. The van der Waals surface area contributed by atoms with Crippen molar-refractivity contribution in [2.24, 2.45) is 0 Å². The lowest BCUT2D eigenvalue weighted by Crippen LogP contribution is -2.43. The van der Waals surface area contributed by atoms with Gasteiger partial charge in [-0.2, -0.15) is 0 Å². The summed E-state index contributed by atoms with van der Waals surface area (Å²) in [4.78, 5) is 37.6. The van der Waals surface area contributed by atoms with Crippen LogP contribution in [0.4, 0.5) is 5.69 Å². The number of esters is 1. The molecule has 1 unspecified atom stereocenters. The van der Waals surface area contributed by atoms with Crippen LogP contribution in [0.2, 0.25) is 0 Å². The Balaban J connectivity index is 2.10. The Morgan fingerprint density at radius 2 is 2.18 bits per heavy atom. The minimum absolute atomic E-state index is 0.0955. The van der Waals surface area contributed by atoms with Crippen molar-refractivity contribution in [3.8, 4) is 0 Å². The molecule has 8 heteroatoms. The standard InChI is InChI=1S/C14H18N2O5S/c1-8-7-22-11(14(19)20-3)10(8)15-12(17)13(18)16(2)9-4-5-21-6-9/h7,9H,4-6H2,1-3H3,(H,15,17). The van der Waals surface area contributed by atoms with Gasteiger partial charge in [-0.15, -0.1) is 11.3 Å². The van der Waals surface area contributed by atoms with Crippen LogP contribution in [0.1, 0.15) is 21.7 Å². The van der Waals surface area contributed by atoms with Crippen LogP contribution in [0.5, 0.6) is 0 Å². The second kappa shape index (κ2) is 6.89. The molecule has 7 nitrogen and oxygen atoms in total. The molecule has 1 aliphatic rings. The highest BCUT2D eigenvalue weighted by atomic mass is 32.1. The minimum Gasteiger partial charge on any atom is -0.465 e. The first-order valence-corrected chi connectivity index (χ1v) is 7.66. The van der Waals surface area contributed by atoms with E-state index >= 15 is 0 Å². The van der Waals surface area contributed by atoms with Gasteiger partial charge >= 0.3 is 17.8 Å². The fourth-order valence-electron chi connectivity index (χ4n) is 2.16. The quantitative estimate of drug-likeness (QED) is 0.662. The second-order valence-corrected chi connectivity index (χ2v) is 5.88. The smallest absolute Gasteiger partial charge is 0.350 e. The zero-order valence-electron chi connectivity index (χ0n) is 12.7. The van der Waals surface area contributed by atoms with Gasteiger partial charge in [-0.3, -0.25) is 9.59 Å². The molecule has 1 aliphatic heterocycles. The molecule has 0 aliphatic carbocycles. The third-order valence-electron chi connectivity index (χ3n) is 3.55. The molecule has 2 rings (SSSR count). The largest absolute Gasteiger partial charge is 0.465 e. The van der Waals surface area contributed by atoms with Crippen molar-refractivity contribution in [2.75, 3.05) is 32.7 Å². The van der Waals surface area contributed by atoms with E-state index in [1.807, 2.05) is 0 Å². The van der Waals surface area contributed by atoms with Crippen LogP contribution in [-0.4, -0.2) is 56.1 Å². The third-order valence-corrected chi connectivity index (χ3v) is 4.63. The molecular formula is C14H18N2O5S. The van der Waals surface area contributed by atoms with Crippen LogP contribution in [0, 0.1) is 6.92 Å². The lowest BCUT2D eigenvalue weighted by atomic mass is 10.2. The number of carbonyl (C=O) groups excluding carboxylic acids is 3. The number of methoxy groups -OCH3 is 1. The zero-order chi connectivity index (χ0) is 16.3. The number of likely N-dealkylation sites (N-methyl/N-ethyl adjacent to an activating group) is 1. The molecule has 1 fully saturated rings. The first kappa shape index (κ1) is 16.4. The lowest BCUT2D eigenvalue weighted by molar-refractivity contribution is -0.143. The Hall–Kier alpha value is -1.93. The van der Waals surface area contributed by atoms with E-state index in [1.165, 1.54) is 12.0 Å². The second-order valence-electron chi connectivity index (χ2n) is 5.00. The van der Waals surface area contributed by atoms with Crippen LogP contribution in [0.15, 0.2) is 5.38 Å². The van der Waals surface area contributed by atoms with Crippen LogP contribution in [0.3, 0.4) is 0 Å². The molecule has 1 atom stereocenters. The van der Waals surface area contributed by atoms with Crippen molar-refractivity contribution < 1.29 is 23.9 Å². The fourth-order valence-corrected chi connectivity index (χ4v) is 3.08. The van der Waals surface area contributed by atoms with E-state index in [9.17, 15) is 14.4 Å². The van der Waals surface area contributed by atoms with Gasteiger partial charge in [0.15, 0.2) is 0 Å². The topological polar surface area (TPSA) is 84.9 Å². The number of hydrogen-bond donors (Lipinski definition) is 1. The molecule has 1 aromatic heterocycles. The number of aryl methyl sites for hydroxylation is 1. The van der Waals surface area contributed by atoms with E-state index in [0.29, 0.717) is 30.9 Å². The zero-order valence-corrected chi connectivity index (χ0v) is 13.5. The van der Waals surface area contributed by atoms with E-state index in [-0.39, 0.29) is 10.9 Å². The third kappa shape index (κ3) is 3.28. The Morgan fingerprint density at radius 3 is 2.77 bits per heavy atom. The van der Waals surface area contributed by atoms with Gasteiger partial charge in [0.05, 0.1) is 25.4 Å². The van der Waals surface area contributed by atoms with Gasteiger partial charge in [0.1, 0.15) is 4.88 Å². The highest BCUT2D eigenvalue weighted by Crippen LogP contribution is 2.28. The maximum Gasteiger partial charge on any atom is 0.350 e. The predicted octanol–water partition coefficient (Wildman–Crippen LogP) is 1.03. The van der Waals surface area contributed by atoms with Gasteiger partial charge in [0.25, 0.3) is 0 Å². The van der Waals surface area contributed by atoms with Gasteiger partial charge in [0, 0.05) is 13.7 Å². The number of rotatable bonds is 3. The van der Waals surface area contributed by atoms with E-state index < -0.39 is 17.8 Å². The Bertz CT molecular complexity index is 592. The van der Waals surface area contributed by atoms with Crippen molar-refractivity contribution >= 4 is 34.8 Å². The van der Waals surface area contributed by atoms with Crippen LogP contribution in [-0.2, 0) is 19.1 Å². The molecule has 120 valence electrons. The van der Waals surface area contributed by atoms with E-state index in [0.717, 1.165) is 11.3 Å². The molecule has 0 radical (unpaired) electrons. The summed E-state index contributed by atoms with van der Waals surface area (Å²) in [5.74, 6) is -1.98. The first-order valence-electron chi connectivity index (χ1n) is 6.78. The maximum atomic E-state index is 12.2. The molecular weight excluding hydrogens is 308 g/mol. The normalized spacial score (nSPS) is 17.1. The summed E-state index contributed by atoms with van der Waals surface area (Å²) >= 11 is 1.16. The molecule has 22 heavy (non-hydrogen) atoms. The molecule has 0 bridgehead atoms. The van der Waals surface area contributed by atoms with Gasteiger partial charge < -0.3 is 19.7 Å². The molecule has 0 saturated carbocycles. The molecule has 1 aromatic rings. The average molecular weight is 326 g/mol. The minimum atomic E-state index is -0.777. The van der Waals surface area contributed by atoms with Gasteiger partial charge in [0.2, 0.25) is 0 Å². The van der Waals surface area contributed by atoms with Crippen molar-refractivity contribution in [1.82, 2.24) is 4.90 Å². The van der Waals surface area contributed by atoms with Crippen LogP contribution >= 0.6 is 11.3 Å². The molecule has 2 heterocycles. The number of carbonyl (C=O) groups is 3. The molecule has 1 N–H and O–H groups in total. The van der Waals surface area contributed by atoms with E-state index in [2.05, 4.69) is 10.1 Å². The summed E-state index contributed by atoms with van der Waals surface area (Å²) < 4.78 is 9.88. The van der Waals surface area contributed by atoms with Crippen molar-refractivity contribution in [1.29, 1.82) is 0 Å². The van der Waals surface area contributed by atoms with Gasteiger partial charge in [-0.05, 0) is 24.3 Å². The van der Waals surface area contributed by atoms with Crippen LogP contribution in [0.25, 0.3) is 0 Å². The van der Waals surface area contributed by atoms with Crippen LogP contribution < -0.4 is 5.32 Å².